The summed E-state index contributed by atoms with van der Waals surface area (Å²) >= 11 is 14.3. The van der Waals surface area contributed by atoms with E-state index >= 15 is 0 Å². The molecule has 286 valence electrons. The van der Waals surface area contributed by atoms with Crippen molar-refractivity contribution in [1.29, 1.82) is 0 Å². The number of hydrogen-bond donors (Lipinski definition) is 1. The second-order valence-corrected chi connectivity index (χ2v) is 15.8. The van der Waals surface area contributed by atoms with Gasteiger partial charge in [0.1, 0.15) is 23.1 Å². The first-order valence-corrected chi connectivity index (χ1v) is 19.9. The van der Waals surface area contributed by atoms with Gasteiger partial charge < -0.3 is 18.9 Å². The molecule has 3 unspecified atom stereocenters. The van der Waals surface area contributed by atoms with Gasteiger partial charge in [0.05, 0.1) is 24.3 Å². The number of piperidine rings is 1. The van der Waals surface area contributed by atoms with Crippen LogP contribution in [-0.4, -0.2) is 54.2 Å². The van der Waals surface area contributed by atoms with Gasteiger partial charge in [-0.15, -0.1) is 11.3 Å². The Morgan fingerprint density at radius 3 is 2.20 bits per heavy atom. The molecule has 4 heterocycles. The Hall–Kier alpha value is -4.45. The average molecular weight is 801 g/mol. The number of halogens is 2. The third-order valence-electron chi connectivity index (χ3n) is 10.4. The molecule has 55 heavy (non-hydrogen) atoms. The lowest BCUT2D eigenvalue weighted by Crippen LogP contribution is -2.46. The lowest BCUT2D eigenvalue weighted by Gasteiger charge is -2.39. The van der Waals surface area contributed by atoms with Crippen molar-refractivity contribution in [2.45, 2.75) is 75.5 Å². The van der Waals surface area contributed by atoms with Crippen LogP contribution in [0.5, 0.6) is 11.5 Å². The zero-order valence-corrected chi connectivity index (χ0v) is 33.0. The highest BCUT2D eigenvalue weighted by Crippen LogP contribution is 2.39. The van der Waals surface area contributed by atoms with E-state index in [1.165, 1.54) is 29.3 Å². The molecule has 7 rings (SSSR count). The molecule has 5 aromatic rings. The van der Waals surface area contributed by atoms with Gasteiger partial charge in [-0.1, -0.05) is 89.9 Å². The lowest BCUT2D eigenvalue weighted by atomic mass is 9.98. The minimum Gasteiger partial charge on any atom is -0.493 e. The molecular weight excluding hydrogens is 757 g/mol. The Labute approximate surface area is 335 Å². The molecular formula is C43H43Cl2N3O6S. The number of carbonyl (C=O) groups is 2. The fraction of sp³-hybridized carbons (Fsp3) is 0.326. The molecule has 3 aromatic carbocycles. The Kier molecular flexibility index (Phi) is 12.7. The summed E-state index contributed by atoms with van der Waals surface area (Å²) in [5, 5.41) is 4.15. The van der Waals surface area contributed by atoms with Gasteiger partial charge in [-0.3, -0.25) is 15.2 Å². The van der Waals surface area contributed by atoms with Gasteiger partial charge in [-0.25, -0.2) is 9.59 Å². The maximum atomic E-state index is 13.9. The third-order valence-corrected chi connectivity index (χ3v) is 12.1. The van der Waals surface area contributed by atoms with Crippen LogP contribution in [0.15, 0.2) is 103 Å². The summed E-state index contributed by atoms with van der Waals surface area (Å²) in [6.07, 6.45) is 6.23. The molecule has 2 aliphatic heterocycles. The fourth-order valence-electron chi connectivity index (χ4n) is 7.66. The molecule has 0 spiro atoms. The second kappa shape index (κ2) is 18.0. The Balaban J connectivity index is 1.02. The monoisotopic (exact) mass is 799 g/mol. The fourth-order valence-corrected chi connectivity index (χ4v) is 9.02. The summed E-state index contributed by atoms with van der Waals surface area (Å²) < 4.78 is 23.3. The van der Waals surface area contributed by atoms with Crippen LogP contribution in [0.1, 0.15) is 74.6 Å². The number of fused-ring (bicyclic) bond motifs is 2. The van der Waals surface area contributed by atoms with E-state index in [-0.39, 0.29) is 18.5 Å². The SMILES string of the molecule is COc1ccc([C@H](Cc2c(Cl)cncc2Cl)OC(=O)c2ccc(CNC(C(=O)OC3CC4CCC(C3)N4Cc3ccccc3)c3ccccc3)s2)cc1OC. The molecule has 2 aliphatic rings. The topological polar surface area (TPSA) is 99.2 Å². The smallest absolute Gasteiger partial charge is 0.348 e. The largest absolute Gasteiger partial charge is 0.493 e. The van der Waals surface area contributed by atoms with E-state index in [2.05, 4.69) is 39.5 Å². The van der Waals surface area contributed by atoms with E-state index in [4.69, 9.17) is 42.1 Å². The van der Waals surface area contributed by atoms with Gasteiger partial charge in [-0.05, 0) is 59.4 Å². The predicted molar refractivity (Wildman–Crippen MR) is 214 cm³/mol. The number of nitrogens with one attached hydrogen (secondary N) is 1. The molecule has 2 fully saturated rings. The van der Waals surface area contributed by atoms with Crippen molar-refractivity contribution in [3.05, 3.63) is 145 Å². The van der Waals surface area contributed by atoms with Gasteiger partial charge in [0.15, 0.2) is 11.5 Å². The van der Waals surface area contributed by atoms with Crippen LogP contribution in [0.25, 0.3) is 0 Å². The average Bonchev–Trinajstić information content (AvgIpc) is 3.77. The number of nitrogens with zero attached hydrogens (tertiary/aromatic N) is 2. The van der Waals surface area contributed by atoms with E-state index in [9.17, 15) is 9.59 Å². The van der Waals surface area contributed by atoms with Crippen LogP contribution in [0.3, 0.4) is 0 Å². The van der Waals surface area contributed by atoms with E-state index in [1.807, 2.05) is 48.5 Å². The third kappa shape index (κ3) is 9.34. The molecule has 4 atom stereocenters. The molecule has 2 saturated heterocycles. The number of aromatic nitrogens is 1. The van der Waals surface area contributed by atoms with Gasteiger partial charge in [0.2, 0.25) is 0 Å². The number of benzene rings is 3. The summed E-state index contributed by atoms with van der Waals surface area (Å²) in [4.78, 5) is 35.5. The van der Waals surface area contributed by atoms with Crippen LogP contribution in [0, 0.1) is 0 Å². The number of ether oxygens (including phenoxy) is 4. The van der Waals surface area contributed by atoms with Crippen LogP contribution < -0.4 is 14.8 Å². The van der Waals surface area contributed by atoms with E-state index in [0.717, 1.165) is 42.7 Å². The summed E-state index contributed by atoms with van der Waals surface area (Å²) in [5.74, 6) is 0.227. The highest BCUT2D eigenvalue weighted by atomic mass is 35.5. The van der Waals surface area contributed by atoms with E-state index < -0.39 is 18.1 Å². The first kappa shape index (κ1) is 38.8. The molecule has 9 nitrogen and oxygen atoms in total. The van der Waals surface area contributed by atoms with Gasteiger partial charge in [0.25, 0.3) is 0 Å². The van der Waals surface area contributed by atoms with Crippen LogP contribution in [0.4, 0.5) is 0 Å². The van der Waals surface area contributed by atoms with Crippen molar-refractivity contribution < 1.29 is 28.5 Å². The molecule has 0 aliphatic carbocycles. The quantitative estimate of drug-likeness (QED) is 0.104. The van der Waals surface area contributed by atoms with Gasteiger partial charge >= 0.3 is 11.9 Å². The second-order valence-electron chi connectivity index (χ2n) is 13.9. The van der Waals surface area contributed by atoms with Crippen LogP contribution in [0.2, 0.25) is 10.0 Å². The number of esters is 2. The highest BCUT2D eigenvalue weighted by Gasteiger charge is 2.42. The van der Waals surface area contributed by atoms with Crippen LogP contribution >= 0.6 is 34.5 Å². The molecule has 0 saturated carbocycles. The molecule has 0 radical (unpaired) electrons. The molecule has 1 N–H and O–H groups in total. The van der Waals surface area contributed by atoms with Crippen molar-refractivity contribution in [1.82, 2.24) is 15.2 Å². The van der Waals surface area contributed by atoms with Gasteiger partial charge in [0, 0.05) is 61.7 Å². The number of thiophene rings is 1. The summed E-state index contributed by atoms with van der Waals surface area (Å²) in [6.45, 7) is 1.26. The number of pyridine rings is 1. The molecule has 2 aromatic heterocycles. The first-order valence-electron chi connectivity index (χ1n) is 18.4. The summed E-state index contributed by atoms with van der Waals surface area (Å²) in [5.41, 5.74) is 3.41. The normalized spacial score (nSPS) is 19.0. The number of methoxy groups -OCH3 is 2. The zero-order chi connectivity index (χ0) is 38.3. The van der Waals surface area contributed by atoms with Crippen molar-refractivity contribution in [3.8, 4) is 11.5 Å². The Morgan fingerprint density at radius 2 is 1.53 bits per heavy atom. The minimum absolute atomic E-state index is 0.135. The van der Waals surface area contributed by atoms with Crippen molar-refractivity contribution in [2.24, 2.45) is 0 Å². The number of carbonyl (C=O) groups excluding carboxylic acids is 2. The first-order chi connectivity index (χ1) is 26.8. The molecule has 2 bridgehead atoms. The maximum absolute atomic E-state index is 13.9. The van der Waals surface area contributed by atoms with E-state index in [0.29, 0.717) is 56.2 Å². The predicted octanol–water partition coefficient (Wildman–Crippen LogP) is 9.18. The highest BCUT2D eigenvalue weighted by molar-refractivity contribution is 7.13. The Bertz CT molecular complexity index is 2050. The molecule has 0 amide bonds. The van der Waals surface area contributed by atoms with Crippen molar-refractivity contribution in [2.75, 3.05) is 14.2 Å². The summed E-state index contributed by atoms with van der Waals surface area (Å²) in [6, 6.07) is 29.2. The Morgan fingerprint density at radius 1 is 0.855 bits per heavy atom. The van der Waals surface area contributed by atoms with Crippen molar-refractivity contribution >= 4 is 46.5 Å². The minimum atomic E-state index is -0.758. The molecule has 12 heteroatoms. The van der Waals surface area contributed by atoms with Crippen molar-refractivity contribution in [3.63, 3.8) is 0 Å². The lowest BCUT2D eigenvalue weighted by molar-refractivity contribution is -0.155. The number of rotatable bonds is 15. The number of hydrogen-bond acceptors (Lipinski definition) is 10. The summed E-state index contributed by atoms with van der Waals surface area (Å²) in [7, 11) is 3.10. The zero-order valence-electron chi connectivity index (χ0n) is 30.7. The standard InChI is InChI=1S/C43H43Cl2N3O6S/c1-51-37-17-13-29(19-39(37)52-2)38(22-34-35(44)24-46-25-36(34)45)54-42(49)40-18-16-33(55-40)23-47-41(28-11-7-4-8-12-28)43(50)53-32-20-30-14-15-31(21-32)48(30)26-27-9-5-3-6-10-27/h3-13,16-19,24-25,30-32,38,41,47H,14-15,20-23,26H2,1-2H3/t30?,31?,32?,38-,41?/m0/s1. The van der Waals surface area contributed by atoms with E-state index in [1.54, 1.807) is 32.4 Å². The maximum Gasteiger partial charge on any atom is 0.348 e. The van der Waals surface area contributed by atoms with Crippen LogP contribution in [-0.2, 0) is 33.8 Å². The van der Waals surface area contributed by atoms with Gasteiger partial charge in [-0.2, -0.15) is 0 Å².